The number of nitrogen functional groups attached to an aromatic ring is 1. The van der Waals surface area contributed by atoms with Crippen LogP contribution in [-0.2, 0) is 10.0 Å². The molecule has 1 aromatic heterocycles. The van der Waals surface area contributed by atoms with Crippen molar-refractivity contribution in [3.8, 4) is 0 Å². The SMILES string of the molecule is Cc1cnc(Sc2cc(S(N)(=O)=O)ccc2N)nc1. The highest BCUT2D eigenvalue weighted by Crippen LogP contribution is 2.31. The summed E-state index contributed by atoms with van der Waals surface area (Å²) in [6.45, 7) is 1.88. The minimum Gasteiger partial charge on any atom is -0.398 e. The summed E-state index contributed by atoms with van der Waals surface area (Å²) >= 11 is 1.19. The van der Waals surface area contributed by atoms with Crippen molar-refractivity contribution in [2.45, 2.75) is 21.9 Å². The molecular formula is C11H12N4O2S2. The molecule has 0 saturated carbocycles. The summed E-state index contributed by atoms with van der Waals surface area (Å²) in [4.78, 5) is 8.81. The van der Waals surface area contributed by atoms with E-state index in [1.165, 1.54) is 30.0 Å². The molecule has 0 unspecified atom stereocenters. The number of benzene rings is 1. The normalized spacial score (nSPS) is 11.5. The quantitative estimate of drug-likeness (QED) is 0.649. The first-order valence-electron chi connectivity index (χ1n) is 5.25. The van der Waals surface area contributed by atoms with E-state index in [1.807, 2.05) is 6.92 Å². The molecule has 0 aliphatic heterocycles. The summed E-state index contributed by atoms with van der Waals surface area (Å²) in [6, 6.07) is 4.28. The van der Waals surface area contributed by atoms with E-state index in [0.29, 0.717) is 15.7 Å². The molecule has 0 spiro atoms. The lowest BCUT2D eigenvalue weighted by Crippen LogP contribution is -2.12. The van der Waals surface area contributed by atoms with E-state index >= 15 is 0 Å². The Hall–Kier alpha value is -1.64. The van der Waals surface area contributed by atoms with Crippen LogP contribution >= 0.6 is 11.8 Å². The summed E-state index contributed by atoms with van der Waals surface area (Å²) in [5.74, 6) is 0. The fourth-order valence-electron chi connectivity index (χ4n) is 1.31. The first kappa shape index (κ1) is 13.8. The Bertz CT molecular complexity index is 699. The molecule has 0 saturated heterocycles. The van der Waals surface area contributed by atoms with Gasteiger partial charge in [0.25, 0.3) is 0 Å². The fourth-order valence-corrected chi connectivity index (χ4v) is 2.71. The van der Waals surface area contributed by atoms with Crippen LogP contribution in [0.3, 0.4) is 0 Å². The minimum atomic E-state index is -3.75. The van der Waals surface area contributed by atoms with Gasteiger partial charge in [0.1, 0.15) is 0 Å². The molecule has 100 valence electrons. The third kappa shape index (κ3) is 3.43. The largest absolute Gasteiger partial charge is 0.398 e. The molecule has 2 aromatic rings. The maximum atomic E-state index is 11.3. The Labute approximate surface area is 115 Å². The predicted molar refractivity (Wildman–Crippen MR) is 73.1 cm³/mol. The highest BCUT2D eigenvalue weighted by Gasteiger charge is 2.12. The van der Waals surface area contributed by atoms with E-state index in [9.17, 15) is 8.42 Å². The Morgan fingerprint density at radius 2 is 1.84 bits per heavy atom. The van der Waals surface area contributed by atoms with Crippen molar-refractivity contribution in [3.05, 3.63) is 36.2 Å². The molecule has 0 radical (unpaired) electrons. The minimum absolute atomic E-state index is 0.0105. The molecule has 2 rings (SSSR count). The molecule has 1 heterocycles. The zero-order chi connectivity index (χ0) is 14.0. The van der Waals surface area contributed by atoms with E-state index in [2.05, 4.69) is 9.97 Å². The number of anilines is 1. The molecule has 1 aromatic carbocycles. The maximum absolute atomic E-state index is 11.3. The van der Waals surface area contributed by atoms with Crippen molar-refractivity contribution >= 4 is 27.5 Å². The van der Waals surface area contributed by atoms with Gasteiger partial charge in [-0.15, -0.1) is 0 Å². The van der Waals surface area contributed by atoms with Gasteiger partial charge < -0.3 is 5.73 Å². The fraction of sp³-hybridized carbons (Fsp3) is 0.0909. The van der Waals surface area contributed by atoms with Gasteiger partial charge in [0.2, 0.25) is 10.0 Å². The summed E-state index contributed by atoms with van der Waals surface area (Å²) in [6.07, 6.45) is 3.35. The van der Waals surface area contributed by atoms with Crippen LogP contribution in [0.1, 0.15) is 5.56 Å². The average Bonchev–Trinajstić information content (AvgIpc) is 2.33. The standard InChI is InChI=1S/C11H12N4O2S2/c1-7-5-14-11(15-6-7)18-10-4-8(19(13,16)17)2-3-9(10)12/h2-6H,12H2,1H3,(H2,13,16,17). The summed E-state index contributed by atoms with van der Waals surface area (Å²) < 4.78 is 22.6. The predicted octanol–water partition coefficient (Wildman–Crippen LogP) is 1.17. The molecule has 0 bridgehead atoms. The van der Waals surface area contributed by atoms with Crippen LogP contribution in [0.2, 0.25) is 0 Å². The second kappa shape index (κ2) is 5.16. The molecular weight excluding hydrogens is 284 g/mol. The summed E-state index contributed by atoms with van der Waals surface area (Å²) in [7, 11) is -3.75. The third-order valence-electron chi connectivity index (χ3n) is 2.27. The molecule has 0 aliphatic rings. The van der Waals surface area contributed by atoms with Crippen LogP contribution in [-0.4, -0.2) is 18.4 Å². The van der Waals surface area contributed by atoms with Crippen molar-refractivity contribution in [2.75, 3.05) is 5.73 Å². The van der Waals surface area contributed by atoms with E-state index in [-0.39, 0.29) is 4.90 Å². The van der Waals surface area contributed by atoms with Crippen LogP contribution in [0, 0.1) is 6.92 Å². The van der Waals surface area contributed by atoms with Crippen LogP contribution < -0.4 is 10.9 Å². The number of hydrogen-bond acceptors (Lipinski definition) is 6. The first-order chi connectivity index (χ1) is 8.86. The van der Waals surface area contributed by atoms with Gasteiger partial charge in [-0.3, -0.25) is 0 Å². The number of hydrogen-bond donors (Lipinski definition) is 2. The molecule has 0 amide bonds. The molecule has 6 nitrogen and oxygen atoms in total. The van der Waals surface area contributed by atoms with Gasteiger partial charge in [-0.25, -0.2) is 23.5 Å². The van der Waals surface area contributed by atoms with E-state index < -0.39 is 10.0 Å². The molecule has 0 aliphatic carbocycles. The maximum Gasteiger partial charge on any atom is 0.238 e. The third-order valence-corrected chi connectivity index (χ3v) is 4.15. The Kier molecular flexibility index (Phi) is 3.74. The van der Waals surface area contributed by atoms with Gasteiger partial charge in [0.05, 0.1) is 4.90 Å². The van der Waals surface area contributed by atoms with Crippen molar-refractivity contribution < 1.29 is 8.42 Å². The van der Waals surface area contributed by atoms with Crippen LogP contribution in [0.4, 0.5) is 5.69 Å². The summed E-state index contributed by atoms with van der Waals surface area (Å²) in [5, 5.41) is 5.57. The number of rotatable bonds is 3. The van der Waals surface area contributed by atoms with E-state index in [1.54, 1.807) is 12.4 Å². The number of nitrogens with zero attached hydrogens (tertiary/aromatic N) is 2. The molecule has 4 N–H and O–H groups in total. The lowest BCUT2D eigenvalue weighted by Gasteiger charge is -2.06. The molecule has 19 heavy (non-hydrogen) atoms. The van der Waals surface area contributed by atoms with Crippen molar-refractivity contribution in [1.29, 1.82) is 0 Å². The topological polar surface area (TPSA) is 112 Å². The van der Waals surface area contributed by atoms with E-state index in [0.717, 1.165) is 5.56 Å². The zero-order valence-corrected chi connectivity index (χ0v) is 11.7. The number of nitrogens with two attached hydrogens (primary N) is 2. The van der Waals surface area contributed by atoms with Gasteiger partial charge in [-0.1, -0.05) is 0 Å². The van der Waals surface area contributed by atoms with Gasteiger partial charge in [-0.2, -0.15) is 0 Å². The van der Waals surface area contributed by atoms with E-state index in [4.69, 9.17) is 10.9 Å². The van der Waals surface area contributed by atoms with Gasteiger partial charge >= 0.3 is 0 Å². The van der Waals surface area contributed by atoms with Crippen LogP contribution in [0.25, 0.3) is 0 Å². The molecule has 0 atom stereocenters. The van der Waals surface area contributed by atoms with Gasteiger partial charge in [-0.05, 0) is 42.4 Å². The average molecular weight is 296 g/mol. The molecule has 0 fully saturated rings. The monoisotopic (exact) mass is 296 g/mol. The summed E-state index contributed by atoms with van der Waals surface area (Å²) in [5.41, 5.74) is 7.18. The number of sulfonamides is 1. The lowest BCUT2D eigenvalue weighted by molar-refractivity contribution is 0.597. The second-order valence-electron chi connectivity index (χ2n) is 3.89. The van der Waals surface area contributed by atoms with Gasteiger partial charge in [0.15, 0.2) is 5.16 Å². The Balaban J connectivity index is 2.37. The first-order valence-corrected chi connectivity index (χ1v) is 7.61. The second-order valence-corrected chi connectivity index (χ2v) is 6.46. The highest BCUT2D eigenvalue weighted by atomic mass is 32.2. The number of aryl methyl sites for hydroxylation is 1. The van der Waals surface area contributed by atoms with Crippen molar-refractivity contribution in [1.82, 2.24) is 9.97 Å². The smallest absolute Gasteiger partial charge is 0.238 e. The lowest BCUT2D eigenvalue weighted by atomic mass is 10.3. The van der Waals surface area contributed by atoms with Crippen LogP contribution in [0.15, 0.2) is 45.5 Å². The van der Waals surface area contributed by atoms with Gasteiger partial charge in [0, 0.05) is 23.0 Å². The van der Waals surface area contributed by atoms with Crippen molar-refractivity contribution in [2.24, 2.45) is 5.14 Å². The van der Waals surface area contributed by atoms with Crippen LogP contribution in [0.5, 0.6) is 0 Å². The molecule has 8 heteroatoms. The Morgan fingerprint density at radius 3 is 2.42 bits per heavy atom. The number of primary sulfonamides is 1. The number of aromatic nitrogens is 2. The van der Waals surface area contributed by atoms with Crippen molar-refractivity contribution in [3.63, 3.8) is 0 Å². The zero-order valence-electron chi connectivity index (χ0n) is 10.1. The highest BCUT2D eigenvalue weighted by molar-refractivity contribution is 7.99. The Morgan fingerprint density at radius 1 is 1.21 bits per heavy atom.